The summed E-state index contributed by atoms with van der Waals surface area (Å²) in [5.41, 5.74) is 2.00. The summed E-state index contributed by atoms with van der Waals surface area (Å²) in [6.45, 7) is 2.80. The highest BCUT2D eigenvalue weighted by Crippen LogP contribution is 2.24. The topological polar surface area (TPSA) is 105 Å². The summed E-state index contributed by atoms with van der Waals surface area (Å²) >= 11 is 0. The Morgan fingerprint density at radius 1 is 1.03 bits per heavy atom. The lowest BCUT2D eigenvalue weighted by atomic mass is 10.1. The molecule has 2 aromatic carbocycles. The Balaban J connectivity index is 1.25. The van der Waals surface area contributed by atoms with E-state index in [0.29, 0.717) is 42.4 Å². The minimum absolute atomic E-state index is 0.00283. The van der Waals surface area contributed by atoms with Crippen LogP contribution in [-0.2, 0) is 11.2 Å². The second-order valence-electron chi connectivity index (χ2n) is 8.66. The summed E-state index contributed by atoms with van der Waals surface area (Å²) in [7, 11) is 0. The fourth-order valence-corrected chi connectivity index (χ4v) is 3.77. The summed E-state index contributed by atoms with van der Waals surface area (Å²) in [6, 6.07) is 12.3. The van der Waals surface area contributed by atoms with E-state index in [9.17, 15) is 19.2 Å². The molecule has 34 heavy (non-hydrogen) atoms. The van der Waals surface area contributed by atoms with E-state index in [-0.39, 0.29) is 35.8 Å². The number of fused-ring (bicyclic) bond motifs is 1. The van der Waals surface area contributed by atoms with E-state index < -0.39 is 0 Å². The van der Waals surface area contributed by atoms with E-state index >= 15 is 0 Å². The minimum atomic E-state index is -0.338. The van der Waals surface area contributed by atoms with Crippen molar-refractivity contribution in [3.63, 3.8) is 0 Å². The quantitative estimate of drug-likeness (QED) is 0.499. The molecule has 1 aliphatic heterocycles. The van der Waals surface area contributed by atoms with Gasteiger partial charge in [-0.3, -0.25) is 24.1 Å². The zero-order valence-corrected chi connectivity index (χ0v) is 19.3. The van der Waals surface area contributed by atoms with Gasteiger partial charge in [-0.25, -0.2) is 0 Å². The molecule has 0 unspecified atom stereocenters. The lowest BCUT2D eigenvalue weighted by molar-refractivity contribution is -0.123. The molecule has 2 aliphatic rings. The van der Waals surface area contributed by atoms with Crippen molar-refractivity contribution < 1.29 is 23.9 Å². The molecular weight excluding hydrogens is 434 g/mol. The van der Waals surface area contributed by atoms with Gasteiger partial charge in [-0.15, -0.1) is 0 Å². The highest BCUT2D eigenvalue weighted by Gasteiger charge is 2.35. The largest absolute Gasteiger partial charge is 0.484 e. The van der Waals surface area contributed by atoms with Crippen LogP contribution in [0.15, 0.2) is 42.5 Å². The number of amides is 4. The number of benzene rings is 2. The predicted octanol–water partition coefficient (Wildman–Crippen LogP) is 2.71. The fourth-order valence-electron chi connectivity index (χ4n) is 3.77. The zero-order chi connectivity index (χ0) is 24.1. The summed E-state index contributed by atoms with van der Waals surface area (Å²) in [6.07, 6.45) is 4.33. The van der Waals surface area contributed by atoms with Gasteiger partial charge in [-0.05, 0) is 61.6 Å². The van der Waals surface area contributed by atoms with Crippen molar-refractivity contribution in [1.29, 1.82) is 0 Å². The second-order valence-corrected chi connectivity index (χ2v) is 8.66. The first-order chi connectivity index (χ1) is 16.5. The molecule has 1 aliphatic carbocycles. The molecule has 8 heteroatoms. The number of hydrogen-bond acceptors (Lipinski definition) is 5. The van der Waals surface area contributed by atoms with Crippen LogP contribution in [0, 0.1) is 0 Å². The van der Waals surface area contributed by atoms with Gasteiger partial charge < -0.3 is 15.4 Å². The highest BCUT2D eigenvalue weighted by molar-refractivity contribution is 6.22. The van der Waals surface area contributed by atoms with Gasteiger partial charge in [0.25, 0.3) is 23.6 Å². The van der Waals surface area contributed by atoms with Crippen LogP contribution >= 0.6 is 0 Å². The van der Waals surface area contributed by atoms with Gasteiger partial charge in [0.1, 0.15) is 5.75 Å². The van der Waals surface area contributed by atoms with Crippen LogP contribution in [0.2, 0.25) is 0 Å². The Hall–Kier alpha value is -3.68. The van der Waals surface area contributed by atoms with Crippen molar-refractivity contribution in [2.45, 2.75) is 45.1 Å². The van der Waals surface area contributed by atoms with E-state index in [0.717, 1.165) is 31.2 Å². The molecule has 0 aromatic heterocycles. The number of imide groups is 1. The molecule has 2 aromatic rings. The monoisotopic (exact) mass is 463 g/mol. The molecule has 0 bridgehead atoms. The Kier molecular flexibility index (Phi) is 7.25. The van der Waals surface area contributed by atoms with E-state index in [2.05, 4.69) is 10.6 Å². The first kappa shape index (κ1) is 23.5. The van der Waals surface area contributed by atoms with E-state index in [1.807, 2.05) is 19.1 Å². The molecule has 1 heterocycles. The summed E-state index contributed by atoms with van der Waals surface area (Å²) < 4.78 is 5.50. The van der Waals surface area contributed by atoms with Gasteiger partial charge in [0.15, 0.2) is 6.61 Å². The van der Waals surface area contributed by atoms with Crippen LogP contribution < -0.4 is 15.4 Å². The van der Waals surface area contributed by atoms with Crippen LogP contribution in [0.1, 0.15) is 69.2 Å². The average Bonchev–Trinajstić information content (AvgIpc) is 3.63. The number of carbonyl (C=O) groups is 4. The molecular formula is C26H29N3O5. The van der Waals surface area contributed by atoms with Crippen molar-refractivity contribution in [2.75, 3.05) is 19.7 Å². The Labute approximate surface area is 198 Å². The van der Waals surface area contributed by atoms with Gasteiger partial charge >= 0.3 is 0 Å². The van der Waals surface area contributed by atoms with Crippen molar-refractivity contribution in [3.8, 4) is 5.75 Å². The van der Waals surface area contributed by atoms with E-state index in [1.54, 1.807) is 24.3 Å². The first-order valence-electron chi connectivity index (χ1n) is 11.8. The van der Waals surface area contributed by atoms with Crippen LogP contribution in [0.5, 0.6) is 5.75 Å². The normalized spacial score (nSPS) is 14.7. The maximum atomic E-state index is 12.6. The van der Waals surface area contributed by atoms with Crippen molar-refractivity contribution in [3.05, 3.63) is 64.7 Å². The molecule has 4 amide bonds. The number of ether oxygens (including phenoxy) is 1. The first-order valence-corrected chi connectivity index (χ1v) is 11.8. The standard InChI is InChI=1S/C26H29N3O5/c1-2-3-14-29-25(32)21-11-6-18(15-22(21)26(29)33)24(31)27-13-12-17-4-9-20(10-5-17)34-16-23(30)28-19-7-8-19/h4-6,9-11,15,19H,2-3,7-8,12-14,16H2,1H3,(H,27,31)(H,28,30). The molecule has 2 N–H and O–H groups in total. The van der Waals surface area contributed by atoms with Gasteiger partial charge in [0.2, 0.25) is 0 Å². The smallest absolute Gasteiger partial charge is 0.261 e. The Morgan fingerprint density at radius 2 is 1.76 bits per heavy atom. The number of nitrogens with zero attached hydrogens (tertiary/aromatic N) is 1. The van der Waals surface area contributed by atoms with Gasteiger partial charge in [-0.2, -0.15) is 0 Å². The summed E-state index contributed by atoms with van der Waals surface area (Å²) in [5.74, 6) is -0.423. The van der Waals surface area contributed by atoms with Crippen molar-refractivity contribution >= 4 is 23.6 Å². The number of rotatable bonds is 11. The van der Waals surface area contributed by atoms with Crippen molar-refractivity contribution in [1.82, 2.24) is 15.5 Å². The molecule has 0 radical (unpaired) electrons. The number of carbonyl (C=O) groups excluding carboxylic acids is 4. The molecule has 178 valence electrons. The second kappa shape index (κ2) is 10.5. The molecule has 1 fully saturated rings. The SMILES string of the molecule is CCCCN1C(=O)c2ccc(C(=O)NCCc3ccc(OCC(=O)NC4CC4)cc3)cc2C1=O. The predicted molar refractivity (Wildman–Crippen MR) is 126 cm³/mol. The maximum Gasteiger partial charge on any atom is 0.261 e. The van der Waals surface area contributed by atoms with E-state index in [4.69, 9.17) is 4.74 Å². The third-order valence-electron chi connectivity index (χ3n) is 5.90. The minimum Gasteiger partial charge on any atom is -0.484 e. The summed E-state index contributed by atoms with van der Waals surface area (Å²) in [5, 5.41) is 5.73. The van der Waals surface area contributed by atoms with E-state index in [1.165, 1.54) is 11.0 Å². The van der Waals surface area contributed by atoms with Gasteiger partial charge in [-0.1, -0.05) is 25.5 Å². The van der Waals surface area contributed by atoms with Crippen LogP contribution in [-0.4, -0.2) is 54.3 Å². The molecule has 1 saturated carbocycles. The third kappa shape index (κ3) is 5.62. The Bertz CT molecular complexity index is 1090. The number of nitrogens with one attached hydrogen (secondary N) is 2. The highest BCUT2D eigenvalue weighted by atomic mass is 16.5. The van der Waals surface area contributed by atoms with Crippen LogP contribution in [0.25, 0.3) is 0 Å². The number of unbranched alkanes of at least 4 members (excludes halogenated alkanes) is 1. The van der Waals surface area contributed by atoms with Crippen LogP contribution in [0.4, 0.5) is 0 Å². The molecule has 0 saturated heterocycles. The van der Waals surface area contributed by atoms with Gasteiger partial charge in [0, 0.05) is 24.7 Å². The molecule has 4 rings (SSSR count). The average molecular weight is 464 g/mol. The van der Waals surface area contributed by atoms with Crippen LogP contribution in [0.3, 0.4) is 0 Å². The summed E-state index contributed by atoms with van der Waals surface area (Å²) in [4.78, 5) is 50.6. The fraction of sp³-hybridized carbons (Fsp3) is 0.385. The van der Waals surface area contributed by atoms with Gasteiger partial charge in [0.05, 0.1) is 11.1 Å². The molecule has 8 nitrogen and oxygen atoms in total. The maximum absolute atomic E-state index is 12.6. The van der Waals surface area contributed by atoms with Crippen molar-refractivity contribution in [2.24, 2.45) is 0 Å². The third-order valence-corrected chi connectivity index (χ3v) is 5.90. The lowest BCUT2D eigenvalue weighted by Gasteiger charge is -2.12. The Morgan fingerprint density at radius 3 is 2.47 bits per heavy atom. The molecule has 0 spiro atoms. The number of hydrogen-bond donors (Lipinski definition) is 2. The lowest BCUT2D eigenvalue weighted by Crippen LogP contribution is -2.30. The zero-order valence-electron chi connectivity index (χ0n) is 19.3. The molecule has 0 atom stereocenters.